The monoisotopic (exact) mass is 682 g/mol. The number of thioether (sulfide) groups is 2. The number of carbonyl (C=O) groups is 1. The zero-order valence-electron chi connectivity index (χ0n) is 20.4. The highest BCUT2D eigenvalue weighted by atomic mass is 79.9. The number of hydrazone groups is 1. The summed E-state index contributed by atoms with van der Waals surface area (Å²) in [6.07, 6.45) is 0. The quantitative estimate of drug-likeness (QED) is 0.215. The Morgan fingerprint density at radius 3 is 2.00 bits per heavy atom. The standard InChI is InChI=1S/C30H21Br2ClN2OS2/c1-18-26(33)8-5-9-27(18)35-30(37-28(34-35)19(2)36)25-7-4-3-6-24(25)29(38-30,20-10-14-22(31)15-11-20)21-12-16-23(32)17-13-21/h3-17H,1-2H3/t30-/m0/s1. The Labute approximate surface area is 252 Å². The maximum absolute atomic E-state index is 12.8. The number of hydrogen-bond donors (Lipinski definition) is 0. The molecule has 0 radical (unpaired) electrons. The van der Waals surface area contributed by atoms with Crippen LogP contribution in [0, 0.1) is 6.92 Å². The number of ketones is 1. The predicted molar refractivity (Wildman–Crippen MR) is 168 cm³/mol. The van der Waals surface area contributed by atoms with Crippen molar-refractivity contribution >= 4 is 83.5 Å². The fourth-order valence-electron chi connectivity index (χ4n) is 5.11. The summed E-state index contributed by atoms with van der Waals surface area (Å²) in [5, 5.41) is 8.10. The maximum atomic E-state index is 12.8. The van der Waals surface area contributed by atoms with Gasteiger partial charge in [0.2, 0.25) is 0 Å². The van der Waals surface area contributed by atoms with Gasteiger partial charge in [-0.2, -0.15) is 5.10 Å². The predicted octanol–water partition coefficient (Wildman–Crippen LogP) is 9.48. The van der Waals surface area contributed by atoms with Crippen LogP contribution >= 0.6 is 67.0 Å². The number of hydrogen-bond acceptors (Lipinski definition) is 5. The Balaban J connectivity index is 1.67. The van der Waals surface area contributed by atoms with Crippen LogP contribution in [0.15, 0.2) is 105 Å². The molecule has 2 heterocycles. The van der Waals surface area contributed by atoms with E-state index in [1.54, 1.807) is 18.7 Å². The highest BCUT2D eigenvalue weighted by molar-refractivity contribution is 9.10. The summed E-state index contributed by atoms with van der Waals surface area (Å²) in [6, 6.07) is 31.4. The molecule has 3 nitrogen and oxygen atoms in total. The molecule has 0 amide bonds. The van der Waals surface area contributed by atoms with Gasteiger partial charge in [0.1, 0.15) is 0 Å². The lowest BCUT2D eigenvalue weighted by Crippen LogP contribution is -2.34. The summed E-state index contributed by atoms with van der Waals surface area (Å²) < 4.78 is 0.753. The van der Waals surface area contributed by atoms with Gasteiger partial charge in [0.05, 0.1) is 10.4 Å². The SMILES string of the molecule is CC(=O)C1=NN(c2cccc(Cl)c2C)[C@@]2(S1)SC(c1ccc(Br)cc1)(c1ccc(Br)cc1)c1ccccc12. The minimum Gasteiger partial charge on any atom is -0.292 e. The first-order chi connectivity index (χ1) is 18.3. The third kappa shape index (κ3) is 4.01. The minimum absolute atomic E-state index is 0.0561. The maximum Gasteiger partial charge on any atom is 0.187 e. The van der Waals surface area contributed by atoms with E-state index in [-0.39, 0.29) is 5.78 Å². The number of Topliss-reactive ketones (excluding diaryl/α,β-unsaturated/α-hetero) is 1. The van der Waals surface area contributed by atoms with Crippen molar-refractivity contribution in [3.63, 3.8) is 0 Å². The van der Waals surface area contributed by atoms with Crippen LogP contribution in [0.4, 0.5) is 5.69 Å². The fraction of sp³-hybridized carbons (Fsp3) is 0.133. The molecule has 38 heavy (non-hydrogen) atoms. The van der Waals surface area contributed by atoms with E-state index < -0.39 is 8.95 Å². The van der Waals surface area contributed by atoms with Gasteiger partial charge in [0.25, 0.3) is 0 Å². The topological polar surface area (TPSA) is 32.7 Å². The third-order valence-corrected chi connectivity index (χ3v) is 11.8. The summed E-state index contributed by atoms with van der Waals surface area (Å²) in [6.45, 7) is 3.58. The second-order valence-electron chi connectivity index (χ2n) is 9.18. The number of nitrogens with zero attached hydrogens (tertiary/aromatic N) is 2. The van der Waals surface area contributed by atoms with E-state index in [0.29, 0.717) is 10.1 Å². The first-order valence-corrected chi connectivity index (χ1v) is 15.5. The van der Waals surface area contributed by atoms with E-state index >= 15 is 0 Å². The lowest BCUT2D eigenvalue weighted by molar-refractivity contribution is -0.110. The molecule has 0 N–H and O–H groups in total. The molecule has 190 valence electrons. The van der Waals surface area contributed by atoms with Crippen LogP contribution in [0.3, 0.4) is 0 Å². The van der Waals surface area contributed by atoms with Crippen LogP contribution in [-0.2, 0) is 13.7 Å². The second-order valence-corrected chi connectivity index (χ2v) is 14.3. The largest absolute Gasteiger partial charge is 0.292 e. The second kappa shape index (κ2) is 9.86. The molecule has 2 aliphatic heterocycles. The molecule has 4 aromatic carbocycles. The molecule has 0 fully saturated rings. The molecule has 2 aliphatic rings. The van der Waals surface area contributed by atoms with Crippen LogP contribution in [0.5, 0.6) is 0 Å². The van der Waals surface area contributed by atoms with E-state index in [4.69, 9.17) is 16.7 Å². The highest BCUT2D eigenvalue weighted by Gasteiger charge is 2.61. The van der Waals surface area contributed by atoms with Gasteiger partial charge < -0.3 is 0 Å². The van der Waals surface area contributed by atoms with E-state index in [1.807, 2.05) is 30.1 Å². The van der Waals surface area contributed by atoms with Crippen molar-refractivity contribution in [3.8, 4) is 0 Å². The van der Waals surface area contributed by atoms with Gasteiger partial charge in [0, 0.05) is 26.5 Å². The van der Waals surface area contributed by atoms with Crippen LogP contribution in [0.1, 0.15) is 34.7 Å². The van der Waals surface area contributed by atoms with Crippen LogP contribution in [-0.4, -0.2) is 10.8 Å². The average Bonchev–Trinajstić information content (AvgIpc) is 3.44. The molecule has 0 unspecified atom stereocenters. The molecular weight excluding hydrogens is 664 g/mol. The number of halogens is 3. The van der Waals surface area contributed by atoms with Gasteiger partial charge in [-0.1, -0.05) is 122 Å². The van der Waals surface area contributed by atoms with Gasteiger partial charge in [-0.25, -0.2) is 5.01 Å². The molecule has 0 saturated carbocycles. The Bertz CT molecular complexity index is 1560. The van der Waals surface area contributed by atoms with Gasteiger partial charge in [-0.05, 0) is 65.6 Å². The number of carbonyl (C=O) groups excluding carboxylic acids is 1. The van der Waals surface area contributed by atoms with Gasteiger partial charge >= 0.3 is 0 Å². The molecule has 0 aromatic heterocycles. The molecular formula is C30H21Br2ClN2OS2. The number of rotatable bonds is 4. The van der Waals surface area contributed by atoms with Crippen molar-refractivity contribution in [1.29, 1.82) is 0 Å². The Hall–Kier alpha value is -2.03. The van der Waals surface area contributed by atoms with Crippen molar-refractivity contribution in [1.82, 2.24) is 0 Å². The zero-order chi connectivity index (χ0) is 26.7. The van der Waals surface area contributed by atoms with E-state index in [0.717, 1.165) is 36.9 Å². The lowest BCUT2D eigenvalue weighted by atomic mass is 9.82. The molecule has 0 saturated heterocycles. The van der Waals surface area contributed by atoms with Gasteiger partial charge in [-0.15, -0.1) is 0 Å². The Morgan fingerprint density at radius 1 is 0.842 bits per heavy atom. The van der Waals surface area contributed by atoms with Crippen molar-refractivity contribution in [2.75, 3.05) is 5.01 Å². The van der Waals surface area contributed by atoms with Crippen molar-refractivity contribution in [2.45, 2.75) is 22.8 Å². The normalized spacial score (nSPS) is 19.5. The average molecular weight is 685 g/mol. The van der Waals surface area contributed by atoms with Crippen LogP contribution in [0.2, 0.25) is 5.02 Å². The third-order valence-electron chi connectivity index (χ3n) is 6.91. The molecule has 6 rings (SSSR count). The summed E-state index contributed by atoms with van der Waals surface area (Å²) >= 11 is 17.1. The fourth-order valence-corrected chi connectivity index (χ4v) is 9.36. The molecule has 1 atom stereocenters. The smallest absolute Gasteiger partial charge is 0.187 e. The highest BCUT2D eigenvalue weighted by Crippen LogP contribution is 2.71. The number of anilines is 1. The molecule has 0 aliphatic carbocycles. The zero-order valence-corrected chi connectivity index (χ0v) is 26.0. The van der Waals surface area contributed by atoms with Crippen molar-refractivity contribution in [2.24, 2.45) is 5.10 Å². The Morgan fingerprint density at radius 2 is 1.42 bits per heavy atom. The van der Waals surface area contributed by atoms with Gasteiger partial charge in [-0.3, -0.25) is 4.79 Å². The molecule has 0 bridgehead atoms. The molecule has 1 spiro atoms. The number of benzene rings is 4. The summed E-state index contributed by atoms with van der Waals surface area (Å²) in [5.74, 6) is -0.0561. The van der Waals surface area contributed by atoms with E-state index in [2.05, 4.69) is 105 Å². The summed E-state index contributed by atoms with van der Waals surface area (Å²) in [4.78, 5) is 12.8. The van der Waals surface area contributed by atoms with Crippen LogP contribution < -0.4 is 5.01 Å². The first kappa shape index (κ1) is 26.2. The molecule has 8 heteroatoms. The van der Waals surface area contributed by atoms with Gasteiger partial charge in [0.15, 0.2) is 15.0 Å². The van der Waals surface area contributed by atoms with E-state index in [9.17, 15) is 4.79 Å². The number of fused-ring (bicyclic) bond motifs is 2. The Kier molecular flexibility index (Phi) is 6.80. The van der Waals surface area contributed by atoms with E-state index in [1.165, 1.54) is 17.3 Å². The lowest BCUT2D eigenvalue weighted by Gasteiger charge is -2.37. The minimum atomic E-state index is -0.729. The van der Waals surface area contributed by atoms with Crippen molar-refractivity contribution < 1.29 is 4.79 Å². The summed E-state index contributed by atoms with van der Waals surface area (Å²) in [7, 11) is 0. The van der Waals surface area contributed by atoms with Crippen molar-refractivity contribution in [3.05, 3.63) is 133 Å². The molecule has 4 aromatic rings. The first-order valence-electron chi connectivity index (χ1n) is 11.9. The van der Waals surface area contributed by atoms with Crippen LogP contribution in [0.25, 0.3) is 0 Å². The summed E-state index contributed by atoms with van der Waals surface area (Å²) in [5.41, 5.74) is 6.39.